The first-order chi connectivity index (χ1) is 13.6. The van der Waals surface area contributed by atoms with Gasteiger partial charge in [-0.15, -0.1) is 0 Å². The van der Waals surface area contributed by atoms with E-state index in [0.29, 0.717) is 12.1 Å². The lowest BCUT2D eigenvalue weighted by Crippen LogP contribution is -2.37. The Hall–Kier alpha value is -3.61. The van der Waals surface area contributed by atoms with Crippen LogP contribution in [-0.2, 0) is 4.79 Å². The predicted molar refractivity (Wildman–Crippen MR) is 105 cm³/mol. The Labute approximate surface area is 162 Å². The standard InChI is InChI=1S/C21H20N4O3/c1-28-18-8-6-17(7-9-18)25-13-16(12-20(25)26)23-21(27)15-4-2-14(3-5-15)19-10-11-22-24-19/h2-11,16H,12-13H2,1H3,(H,22,24)(H,23,27)/t16-/m0/s1. The number of nitrogens with one attached hydrogen (secondary N) is 2. The molecule has 2 N–H and O–H groups in total. The summed E-state index contributed by atoms with van der Waals surface area (Å²) >= 11 is 0. The van der Waals surface area contributed by atoms with Gasteiger partial charge < -0.3 is 15.0 Å². The van der Waals surface area contributed by atoms with E-state index < -0.39 is 0 Å². The Morgan fingerprint density at radius 3 is 2.54 bits per heavy atom. The molecule has 0 unspecified atom stereocenters. The number of hydrogen-bond donors (Lipinski definition) is 2. The summed E-state index contributed by atoms with van der Waals surface area (Å²) in [4.78, 5) is 26.6. The third kappa shape index (κ3) is 3.59. The molecule has 28 heavy (non-hydrogen) atoms. The summed E-state index contributed by atoms with van der Waals surface area (Å²) in [5, 5.41) is 9.77. The Kier molecular flexibility index (Phi) is 4.80. The molecule has 1 aliphatic heterocycles. The molecule has 142 valence electrons. The van der Waals surface area contributed by atoms with Gasteiger partial charge in [0.25, 0.3) is 5.91 Å². The SMILES string of the molecule is COc1ccc(N2C[C@@H](NC(=O)c3ccc(-c4ccn[nH]4)cc3)CC2=O)cc1. The molecule has 0 aliphatic carbocycles. The molecule has 3 aromatic rings. The van der Waals surface area contributed by atoms with E-state index in [1.54, 1.807) is 30.3 Å². The van der Waals surface area contributed by atoms with Crippen molar-refractivity contribution in [2.45, 2.75) is 12.5 Å². The van der Waals surface area contributed by atoms with Gasteiger partial charge in [0.1, 0.15) is 5.75 Å². The van der Waals surface area contributed by atoms with Gasteiger partial charge in [0.05, 0.1) is 18.8 Å². The molecule has 0 spiro atoms. The molecule has 1 atom stereocenters. The van der Waals surface area contributed by atoms with Gasteiger partial charge in [-0.1, -0.05) is 12.1 Å². The summed E-state index contributed by atoms with van der Waals surface area (Å²) in [6.07, 6.45) is 1.96. The molecule has 7 heteroatoms. The van der Waals surface area contributed by atoms with Crippen molar-refractivity contribution in [2.75, 3.05) is 18.6 Å². The zero-order valence-corrected chi connectivity index (χ0v) is 15.4. The lowest BCUT2D eigenvalue weighted by Gasteiger charge is -2.17. The summed E-state index contributed by atoms with van der Waals surface area (Å²) in [7, 11) is 1.60. The number of carbonyl (C=O) groups is 2. The molecule has 0 bridgehead atoms. The number of nitrogens with zero attached hydrogens (tertiary/aromatic N) is 2. The van der Waals surface area contributed by atoms with E-state index in [9.17, 15) is 9.59 Å². The Morgan fingerprint density at radius 1 is 1.14 bits per heavy atom. The Morgan fingerprint density at radius 2 is 1.89 bits per heavy atom. The van der Waals surface area contributed by atoms with Crippen molar-refractivity contribution in [3.05, 3.63) is 66.4 Å². The van der Waals surface area contributed by atoms with Crippen LogP contribution in [0.2, 0.25) is 0 Å². The molecule has 0 saturated carbocycles. The third-order valence-corrected chi connectivity index (χ3v) is 4.80. The molecule has 4 rings (SSSR count). The van der Waals surface area contributed by atoms with Crippen molar-refractivity contribution in [1.29, 1.82) is 0 Å². The summed E-state index contributed by atoms with van der Waals surface area (Å²) in [6, 6.07) is 16.2. The van der Waals surface area contributed by atoms with Gasteiger partial charge in [0.15, 0.2) is 0 Å². The second kappa shape index (κ2) is 7.56. The average Bonchev–Trinajstić information content (AvgIpc) is 3.38. The predicted octanol–water partition coefficient (Wildman–Crippen LogP) is 2.62. The van der Waals surface area contributed by atoms with Gasteiger partial charge in [-0.25, -0.2) is 0 Å². The topological polar surface area (TPSA) is 87.3 Å². The van der Waals surface area contributed by atoms with E-state index >= 15 is 0 Å². The zero-order valence-electron chi connectivity index (χ0n) is 15.4. The first kappa shape index (κ1) is 17.8. The molecule has 2 heterocycles. The van der Waals surface area contributed by atoms with Gasteiger partial charge in [0, 0.05) is 30.4 Å². The van der Waals surface area contributed by atoms with Crippen LogP contribution in [0.25, 0.3) is 11.3 Å². The fourth-order valence-corrected chi connectivity index (χ4v) is 3.30. The van der Waals surface area contributed by atoms with E-state index in [-0.39, 0.29) is 24.3 Å². The molecule has 1 saturated heterocycles. The van der Waals surface area contributed by atoms with Crippen molar-refractivity contribution in [3.63, 3.8) is 0 Å². The van der Waals surface area contributed by atoms with E-state index in [2.05, 4.69) is 15.5 Å². The second-order valence-corrected chi connectivity index (χ2v) is 6.62. The maximum Gasteiger partial charge on any atom is 0.251 e. The largest absolute Gasteiger partial charge is 0.497 e. The van der Waals surface area contributed by atoms with Crippen LogP contribution in [0.3, 0.4) is 0 Å². The number of H-pyrrole nitrogens is 1. The first-order valence-electron chi connectivity index (χ1n) is 8.99. The molecule has 2 amide bonds. The number of anilines is 1. The minimum absolute atomic E-state index is 0.00920. The second-order valence-electron chi connectivity index (χ2n) is 6.62. The lowest BCUT2D eigenvalue weighted by molar-refractivity contribution is -0.117. The van der Waals surface area contributed by atoms with Crippen molar-refractivity contribution >= 4 is 17.5 Å². The average molecular weight is 376 g/mol. The van der Waals surface area contributed by atoms with Crippen molar-refractivity contribution in [2.24, 2.45) is 0 Å². The summed E-state index contributed by atoms with van der Waals surface area (Å²) in [6.45, 7) is 0.448. The minimum Gasteiger partial charge on any atom is -0.497 e. The summed E-state index contributed by atoms with van der Waals surface area (Å²) in [5.74, 6) is 0.537. The zero-order chi connectivity index (χ0) is 19.5. The van der Waals surface area contributed by atoms with Crippen molar-refractivity contribution < 1.29 is 14.3 Å². The fourth-order valence-electron chi connectivity index (χ4n) is 3.30. The molecule has 0 radical (unpaired) electrons. The van der Waals surface area contributed by atoms with Gasteiger partial charge in [-0.2, -0.15) is 5.10 Å². The molecular weight excluding hydrogens is 356 g/mol. The number of aromatic nitrogens is 2. The normalized spacial score (nSPS) is 16.2. The van der Waals surface area contributed by atoms with Crippen LogP contribution in [0.4, 0.5) is 5.69 Å². The van der Waals surface area contributed by atoms with Crippen LogP contribution >= 0.6 is 0 Å². The first-order valence-corrected chi connectivity index (χ1v) is 8.99. The number of amides is 2. The van der Waals surface area contributed by atoms with E-state index in [0.717, 1.165) is 22.7 Å². The highest BCUT2D eigenvalue weighted by molar-refractivity contribution is 5.99. The van der Waals surface area contributed by atoms with Gasteiger partial charge in [0.2, 0.25) is 5.91 Å². The number of carbonyl (C=O) groups excluding carboxylic acids is 2. The minimum atomic E-state index is -0.227. The van der Waals surface area contributed by atoms with Crippen molar-refractivity contribution in [1.82, 2.24) is 15.5 Å². The number of rotatable bonds is 5. The molecule has 7 nitrogen and oxygen atoms in total. The molecule has 2 aromatic carbocycles. The molecule has 1 aromatic heterocycles. The van der Waals surface area contributed by atoms with Crippen LogP contribution in [0.1, 0.15) is 16.8 Å². The highest BCUT2D eigenvalue weighted by atomic mass is 16.5. The number of benzene rings is 2. The third-order valence-electron chi connectivity index (χ3n) is 4.80. The quantitative estimate of drug-likeness (QED) is 0.717. The van der Waals surface area contributed by atoms with Gasteiger partial charge >= 0.3 is 0 Å². The number of ether oxygens (including phenoxy) is 1. The maximum absolute atomic E-state index is 12.6. The number of hydrogen-bond acceptors (Lipinski definition) is 4. The summed E-state index contributed by atoms with van der Waals surface area (Å²) in [5.41, 5.74) is 3.20. The smallest absolute Gasteiger partial charge is 0.251 e. The highest BCUT2D eigenvalue weighted by Gasteiger charge is 2.31. The van der Waals surface area contributed by atoms with E-state index in [1.807, 2.05) is 42.5 Å². The van der Waals surface area contributed by atoms with E-state index in [1.165, 1.54) is 0 Å². The van der Waals surface area contributed by atoms with E-state index in [4.69, 9.17) is 4.74 Å². The maximum atomic E-state index is 12.6. The van der Waals surface area contributed by atoms with Crippen LogP contribution in [-0.4, -0.2) is 41.7 Å². The summed E-state index contributed by atoms with van der Waals surface area (Å²) < 4.78 is 5.15. The number of aromatic amines is 1. The van der Waals surface area contributed by atoms with Crippen molar-refractivity contribution in [3.8, 4) is 17.0 Å². The van der Waals surface area contributed by atoms with Crippen LogP contribution in [0, 0.1) is 0 Å². The Balaban J connectivity index is 1.40. The molecular formula is C21H20N4O3. The van der Waals surface area contributed by atoms with Gasteiger partial charge in [-0.3, -0.25) is 14.7 Å². The molecule has 1 fully saturated rings. The van der Waals surface area contributed by atoms with Crippen LogP contribution < -0.4 is 15.0 Å². The van der Waals surface area contributed by atoms with Gasteiger partial charge in [-0.05, 0) is 48.0 Å². The lowest BCUT2D eigenvalue weighted by atomic mass is 10.1. The fraction of sp³-hybridized carbons (Fsp3) is 0.190. The monoisotopic (exact) mass is 376 g/mol. The Bertz CT molecular complexity index is 966. The molecule has 1 aliphatic rings. The van der Waals surface area contributed by atoms with Crippen LogP contribution in [0.15, 0.2) is 60.8 Å². The highest BCUT2D eigenvalue weighted by Crippen LogP contribution is 2.24. The number of methoxy groups -OCH3 is 1. The van der Waals surface area contributed by atoms with Crippen LogP contribution in [0.5, 0.6) is 5.75 Å².